The minimum absolute atomic E-state index is 0. The normalized spacial score (nSPS) is 18.2. The van der Waals surface area contributed by atoms with E-state index in [1.165, 1.54) is 5.56 Å². The second kappa shape index (κ2) is 5.51. The number of benzene rings is 2. The molecule has 0 saturated heterocycles. The first-order valence-electron chi connectivity index (χ1n) is 7.10. The summed E-state index contributed by atoms with van der Waals surface area (Å²) in [7, 11) is 0. The van der Waals surface area contributed by atoms with Crippen molar-refractivity contribution in [1.82, 2.24) is 0 Å². The molecule has 0 amide bonds. The fourth-order valence-electron chi connectivity index (χ4n) is 2.93. The standard InChI is InChI=1S/C19H20N.Ir/c1-18(2)15-12-8-9-13-16(15)20-17(19(18,3)4)14-10-6-5-7-11-14;/h5-10,12-13H,1-4H3;/q-1;. The Labute approximate surface area is 140 Å². The summed E-state index contributed by atoms with van der Waals surface area (Å²) in [6.07, 6.45) is 0. The molecule has 1 aliphatic heterocycles. The van der Waals surface area contributed by atoms with Crippen LogP contribution in [0.25, 0.3) is 0 Å². The van der Waals surface area contributed by atoms with Crippen molar-refractivity contribution in [3.05, 3.63) is 65.7 Å². The average molecular weight is 455 g/mol. The van der Waals surface area contributed by atoms with Gasteiger partial charge in [0.2, 0.25) is 0 Å². The van der Waals surface area contributed by atoms with E-state index in [1.807, 2.05) is 12.1 Å². The van der Waals surface area contributed by atoms with Crippen LogP contribution < -0.4 is 0 Å². The van der Waals surface area contributed by atoms with Crippen LogP contribution in [0.5, 0.6) is 0 Å². The first kappa shape index (κ1) is 16.1. The Kier molecular flexibility index (Phi) is 4.24. The zero-order chi connectivity index (χ0) is 14.4. The van der Waals surface area contributed by atoms with Crippen LogP contribution >= 0.6 is 0 Å². The smallest absolute Gasteiger partial charge is 0.0557 e. The van der Waals surface area contributed by atoms with E-state index in [4.69, 9.17) is 4.99 Å². The van der Waals surface area contributed by atoms with Crippen LogP contribution in [0.2, 0.25) is 0 Å². The molecule has 0 fully saturated rings. The Balaban J connectivity index is 0.00000161. The van der Waals surface area contributed by atoms with Gasteiger partial charge in [0.05, 0.1) is 5.69 Å². The SMILES string of the molecule is CC1(C)C(c2[c-]cccc2)=Nc2ccccc2C1(C)C.[Ir]. The Hall–Kier alpha value is -1.24. The largest absolute Gasteiger partial charge is 0.300 e. The van der Waals surface area contributed by atoms with Crippen molar-refractivity contribution in [2.75, 3.05) is 0 Å². The molecule has 2 heteroatoms. The van der Waals surface area contributed by atoms with Crippen LogP contribution in [0.4, 0.5) is 5.69 Å². The summed E-state index contributed by atoms with van der Waals surface area (Å²) >= 11 is 0. The van der Waals surface area contributed by atoms with E-state index in [2.05, 4.69) is 70.2 Å². The molecule has 1 aliphatic rings. The molecule has 0 spiro atoms. The second-order valence-corrected chi connectivity index (χ2v) is 6.50. The van der Waals surface area contributed by atoms with Crippen molar-refractivity contribution >= 4 is 11.4 Å². The van der Waals surface area contributed by atoms with Gasteiger partial charge in [0.1, 0.15) is 0 Å². The Morgan fingerprint density at radius 2 is 1.52 bits per heavy atom. The van der Waals surface area contributed by atoms with E-state index in [0.29, 0.717) is 0 Å². The molecule has 1 nitrogen and oxygen atoms in total. The molecule has 0 atom stereocenters. The fourth-order valence-corrected chi connectivity index (χ4v) is 2.93. The van der Waals surface area contributed by atoms with Crippen LogP contribution in [0.15, 0.2) is 53.5 Å². The summed E-state index contributed by atoms with van der Waals surface area (Å²) in [6, 6.07) is 19.9. The number of rotatable bonds is 1. The molecule has 1 heterocycles. The van der Waals surface area contributed by atoms with Gasteiger partial charge in [-0.3, -0.25) is 0 Å². The number of hydrogen-bond acceptors (Lipinski definition) is 1. The maximum atomic E-state index is 4.95. The Morgan fingerprint density at radius 1 is 0.857 bits per heavy atom. The number of fused-ring (bicyclic) bond motifs is 1. The molecular formula is C19H20IrN-. The number of para-hydroxylation sites is 1. The minimum atomic E-state index is -0.0425. The van der Waals surface area contributed by atoms with Gasteiger partial charge < -0.3 is 4.99 Å². The van der Waals surface area contributed by atoms with E-state index < -0.39 is 0 Å². The molecule has 3 rings (SSSR count). The van der Waals surface area contributed by atoms with Gasteiger partial charge in [-0.2, -0.15) is 0 Å². The van der Waals surface area contributed by atoms with Gasteiger partial charge in [0.15, 0.2) is 0 Å². The van der Waals surface area contributed by atoms with Crippen LogP contribution in [-0.4, -0.2) is 5.71 Å². The van der Waals surface area contributed by atoms with E-state index in [9.17, 15) is 0 Å². The Morgan fingerprint density at radius 3 is 2.19 bits per heavy atom. The molecular weight excluding hydrogens is 434 g/mol. The summed E-state index contributed by atoms with van der Waals surface area (Å²) in [5.74, 6) is 0. The van der Waals surface area contributed by atoms with Crippen LogP contribution in [-0.2, 0) is 25.5 Å². The maximum absolute atomic E-state index is 4.95. The molecule has 0 aliphatic carbocycles. The second-order valence-electron chi connectivity index (χ2n) is 6.50. The third-order valence-corrected chi connectivity index (χ3v) is 4.93. The molecule has 0 bridgehead atoms. The predicted octanol–water partition coefficient (Wildman–Crippen LogP) is 4.92. The van der Waals surface area contributed by atoms with E-state index in [0.717, 1.165) is 17.0 Å². The van der Waals surface area contributed by atoms with Gasteiger partial charge in [0, 0.05) is 20.1 Å². The van der Waals surface area contributed by atoms with Gasteiger partial charge in [-0.1, -0.05) is 45.9 Å². The molecule has 21 heavy (non-hydrogen) atoms. The Bertz CT molecular complexity index is 669. The van der Waals surface area contributed by atoms with E-state index in [1.54, 1.807) is 0 Å². The molecule has 2 aromatic carbocycles. The molecule has 0 N–H and O–H groups in total. The van der Waals surface area contributed by atoms with Crippen molar-refractivity contribution in [2.45, 2.75) is 33.1 Å². The van der Waals surface area contributed by atoms with Gasteiger partial charge in [-0.15, -0.1) is 35.9 Å². The molecule has 1 radical (unpaired) electrons. The predicted molar refractivity (Wildman–Crippen MR) is 84.7 cm³/mol. The van der Waals surface area contributed by atoms with Crippen LogP contribution in [0.3, 0.4) is 0 Å². The summed E-state index contributed by atoms with van der Waals surface area (Å²) in [5.41, 5.74) is 4.62. The number of hydrogen-bond donors (Lipinski definition) is 0. The van der Waals surface area contributed by atoms with Crippen molar-refractivity contribution in [3.63, 3.8) is 0 Å². The molecule has 0 unspecified atom stereocenters. The average Bonchev–Trinajstić information content (AvgIpc) is 2.44. The quantitative estimate of drug-likeness (QED) is 0.543. The van der Waals surface area contributed by atoms with Crippen molar-refractivity contribution < 1.29 is 20.1 Å². The van der Waals surface area contributed by atoms with Crippen molar-refractivity contribution in [2.24, 2.45) is 10.4 Å². The maximum Gasteiger partial charge on any atom is 0.0557 e. The molecule has 0 aromatic heterocycles. The first-order chi connectivity index (χ1) is 9.44. The number of aliphatic imine (C=N–C) groups is 1. The van der Waals surface area contributed by atoms with Crippen LogP contribution in [0.1, 0.15) is 38.8 Å². The van der Waals surface area contributed by atoms with Gasteiger partial charge >= 0.3 is 0 Å². The van der Waals surface area contributed by atoms with Gasteiger partial charge in [-0.25, -0.2) is 0 Å². The summed E-state index contributed by atoms with van der Waals surface area (Å²) in [5, 5.41) is 0. The monoisotopic (exact) mass is 455 g/mol. The van der Waals surface area contributed by atoms with Gasteiger partial charge in [-0.05, 0) is 28.2 Å². The van der Waals surface area contributed by atoms with Crippen molar-refractivity contribution in [1.29, 1.82) is 0 Å². The minimum Gasteiger partial charge on any atom is -0.300 e. The molecule has 111 valence electrons. The zero-order valence-corrected chi connectivity index (χ0v) is 15.3. The first-order valence-corrected chi connectivity index (χ1v) is 7.10. The third kappa shape index (κ3) is 2.41. The van der Waals surface area contributed by atoms with E-state index in [-0.39, 0.29) is 30.9 Å². The summed E-state index contributed by atoms with van der Waals surface area (Å²) in [4.78, 5) is 4.95. The molecule has 0 saturated carbocycles. The number of nitrogens with zero attached hydrogens (tertiary/aromatic N) is 1. The third-order valence-electron chi connectivity index (χ3n) is 4.93. The van der Waals surface area contributed by atoms with Crippen LogP contribution in [0, 0.1) is 11.5 Å². The summed E-state index contributed by atoms with van der Waals surface area (Å²) in [6.45, 7) is 9.18. The topological polar surface area (TPSA) is 12.4 Å². The van der Waals surface area contributed by atoms with E-state index >= 15 is 0 Å². The fraction of sp³-hybridized carbons (Fsp3) is 0.316. The molecule has 2 aromatic rings. The van der Waals surface area contributed by atoms with Crippen molar-refractivity contribution in [3.8, 4) is 0 Å². The summed E-state index contributed by atoms with van der Waals surface area (Å²) < 4.78 is 0. The zero-order valence-electron chi connectivity index (χ0n) is 12.9. The van der Waals surface area contributed by atoms with Gasteiger partial charge in [0.25, 0.3) is 0 Å².